The molecule has 2 N–H and O–H groups in total. The quantitative estimate of drug-likeness (QED) is 0.891. The molecule has 1 heterocycles. The van der Waals surface area contributed by atoms with Gasteiger partial charge >= 0.3 is 0 Å². The van der Waals surface area contributed by atoms with E-state index in [4.69, 9.17) is 4.74 Å². The molecule has 6 heteroatoms. The predicted octanol–water partition coefficient (Wildman–Crippen LogP) is 2.08. The molecular formula is C17H25N3O3. The Labute approximate surface area is 137 Å². The largest absolute Gasteiger partial charge is 0.374 e. The minimum Gasteiger partial charge on any atom is -0.374 e. The highest BCUT2D eigenvalue weighted by Crippen LogP contribution is 2.16. The highest BCUT2D eigenvalue weighted by Gasteiger charge is 2.28. The van der Waals surface area contributed by atoms with Gasteiger partial charge in [0.25, 0.3) is 0 Å². The SMILES string of the molecule is CC(=O)Nc1ccc(N[C@@H](C)C(=O)N2C[C@@H](C)O[C@@H](C)C2)cc1. The Morgan fingerprint density at radius 3 is 2.17 bits per heavy atom. The maximum Gasteiger partial charge on any atom is 0.244 e. The second-order valence-corrected chi connectivity index (χ2v) is 6.13. The van der Waals surface area contributed by atoms with Crippen molar-refractivity contribution in [2.45, 2.75) is 45.9 Å². The maximum atomic E-state index is 12.6. The number of rotatable bonds is 4. The van der Waals surface area contributed by atoms with E-state index in [0.717, 1.165) is 11.4 Å². The maximum absolute atomic E-state index is 12.6. The number of morpholine rings is 1. The Bertz CT molecular complexity index is 549. The Morgan fingerprint density at radius 1 is 1.13 bits per heavy atom. The van der Waals surface area contributed by atoms with Crippen LogP contribution in [0, 0.1) is 0 Å². The number of amides is 2. The Morgan fingerprint density at radius 2 is 1.65 bits per heavy atom. The molecule has 0 saturated carbocycles. The van der Waals surface area contributed by atoms with Crippen molar-refractivity contribution >= 4 is 23.2 Å². The number of nitrogens with one attached hydrogen (secondary N) is 2. The summed E-state index contributed by atoms with van der Waals surface area (Å²) in [7, 11) is 0. The first-order chi connectivity index (χ1) is 10.8. The summed E-state index contributed by atoms with van der Waals surface area (Å²) in [4.78, 5) is 25.4. The zero-order chi connectivity index (χ0) is 17.0. The van der Waals surface area contributed by atoms with Gasteiger partial charge in [0.15, 0.2) is 0 Å². The highest BCUT2D eigenvalue weighted by atomic mass is 16.5. The van der Waals surface area contributed by atoms with Gasteiger partial charge in [-0.25, -0.2) is 0 Å². The molecule has 1 aromatic rings. The number of hydrogen-bond acceptors (Lipinski definition) is 4. The molecule has 0 spiro atoms. The van der Waals surface area contributed by atoms with Gasteiger partial charge in [-0.3, -0.25) is 9.59 Å². The lowest BCUT2D eigenvalue weighted by molar-refractivity contribution is -0.143. The smallest absolute Gasteiger partial charge is 0.244 e. The van der Waals surface area contributed by atoms with Crippen molar-refractivity contribution in [3.05, 3.63) is 24.3 Å². The van der Waals surface area contributed by atoms with Gasteiger partial charge in [-0.05, 0) is 45.0 Å². The van der Waals surface area contributed by atoms with E-state index in [0.29, 0.717) is 13.1 Å². The Hall–Kier alpha value is -2.08. The van der Waals surface area contributed by atoms with Gasteiger partial charge in [0, 0.05) is 31.4 Å². The zero-order valence-electron chi connectivity index (χ0n) is 14.1. The predicted molar refractivity (Wildman–Crippen MR) is 90.4 cm³/mol. The van der Waals surface area contributed by atoms with Gasteiger partial charge in [-0.2, -0.15) is 0 Å². The molecule has 1 saturated heterocycles. The average molecular weight is 319 g/mol. The molecule has 1 fully saturated rings. The van der Waals surface area contributed by atoms with Gasteiger partial charge in [0.1, 0.15) is 6.04 Å². The number of carbonyl (C=O) groups is 2. The van der Waals surface area contributed by atoms with E-state index in [1.165, 1.54) is 6.92 Å². The van der Waals surface area contributed by atoms with Crippen LogP contribution in [-0.4, -0.2) is 48.1 Å². The Balaban J connectivity index is 1.94. The monoisotopic (exact) mass is 319 g/mol. The molecule has 0 aliphatic carbocycles. The standard InChI is InChI=1S/C17H25N3O3/c1-11-9-20(10-12(2)23-11)17(22)13(3)18-15-5-7-16(8-6-15)19-14(4)21/h5-8,11-13,18H,9-10H2,1-4H3,(H,19,21)/t11-,12+,13-/m0/s1. The first-order valence-corrected chi connectivity index (χ1v) is 7.93. The van der Waals surface area contributed by atoms with Crippen molar-refractivity contribution in [3.8, 4) is 0 Å². The number of anilines is 2. The molecule has 0 aromatic heterocycles. The average Bonchev–Trinajstić information content (AvgIpc) is 2.47. The van der Waals surface area contributed by atoms with Crippen LogP contribution in [0.3, 0.4) is 0 Å². The summed E-state index contributed by atoms with van der Waals surface area (Å²) in [5, 5.41) is 5.92. The van der Waals surface area contributed by atoms with Crippen molar-refractivity contribution < 1.29 is 14.3 Å². The summed E-state index contributed by atoms with van der Waals surface area (Å²) in [5.41, 5.74) is 1.58. The van der Waals surface area contributed by atoms with Crippen LogP contribution in [0.25, 0.3) is 0 Å². The second kappa shape index (κ2) is 7.46. The molecule has 1 aromatic carbocycles. The van der Waals surface area contributed by atoms with E-state index in [1.54, 1.807) is 12.1 Å². The summed E-state index contributed by atoms with van der Waals surface area (Å²) < 4.78 is 5.66. The van der Waals surface area contributed by atoms with Crippen molar-refractivity contribution in [1.29, 1.82) is 0 Å². The van der Waals surface area contributed by atoms with E-state index in [9.17, 15) is 9.59 Å². The third kappa shape index (κ3) is 4.96. The number of hydrogen-bond donors (Lipinski definition) is 2. The van der Waals surface area contributed by atoms with Gasteiger partial charge in [-0.1, -0.05) is 0 Å². The fourth-order valence-electron chi connectivity index (χ4n) is 2.80. The second-order valence-electron chi connectivity index (χ2n) is 6.13. The molecular weight excluding hydrogens is 294 g/mol. The number of carbonyl (C=O) groups excluding carboxylic acids is 2. The van der Waals surface area contributed by atoms with Crippen LogP contribution in [0.5, 0.6) is 0 Å². The van der Waals surface area contributed by atoms with E-state index >= 15 is 0 Å². The lowest BCUT2D eigenvalue weighted by Gasteiger charge is -2.36. The van der Waals surface area contributed by atoms with Crippen LogP contribution < -0.4 is 10.6 Å². The summed E-state index contributed by atoms with van der Waals surface area (Å²) in [6.45, 7) is 8.53. The van der Waals surface area contributed by atoms with Gasteiger partial charge in [0.05, 0.1) is 12.2 Å². The first-order valence-electron chi connectivity index (χ1n) is 7.93. The fraction of sp³-hybridized carbons (Fsp3) is 0.529. The van der Waals surface area contributed by atoms with E-state index in [-0.39, 0.29) is 30.1 Å². The topological polar surface area (TPSA) is 70.7 Å². The van der Waals surface area contributed by atoms with Gasteiger partial charge < -0.3 is 20.3 Å². The molecule has 2 rings (SSSR count). The summed E-state index contributed by atoms with van der Waals surface area (Å²) in [6.07, 6.45) is 0.124. The minimum absolute atomic E-state index is 0.0619. The molecule has 23 heavy (non-hydrogen) atoms. The van der Waals surface area contributed by atoms with Gasteiger partial charge in [-0.15, -0.1) is 0 Å². The van der Waals surface area contributed by atoms with Crippen LogP contribution in [0.2, 0.25) is 0 Å². The molecule has 1 aliphatic rings. The van der Waals surface area contributed by atoms with Crippen LogP contribution in [0.4, 0.5) is 11.4 Å². The molecule has 126 valence electrons. The third-order valence-electron chi connectivity index (χ3n) is 3.69. The van der Waals surface area contributed by atoms with Crippen LogP contribution in [-0.2, 0) is 14.3 Å². The van der Waals surface area contributed by atoms with E-state index in [1.807, 2.05) is 37.8 Å². The minimum atomic E-state index is -0.320. The molecule has 2 amide bonds. The third-order valence-corrected chi connectivity index (χ3v) is 3.69. The fourth-order valence-corrected chi connectivity index (χ4v) is 2.80. The lowest BCUT2D eigenvalue weighted by atomic mass is 10.2. The summed E-state index contributed by atoms with van der Waals surface area (Å²) in [6, 6.07) is 6.98. The molecule has 0 radical (unpaired) electrons. The zero-order valence-corrected chi connectivity index (χ0v) is 14.1. The molecule has 3 atom stereocenters. The molecule has 0 unspecified atom stereocenters. The first kappa shape index (κ1) is 17.3. The Kier molecular flexibility index (Phi) is 5.60. The van der Waals surface area contributed by atoms with Crippen LogP contribution in [0.15, 0.2) is 24.3 Å². The van der Waals surface area contributed by atoms with Gasteiger partial charge in [0.2, 0.25) is 11.8 Å². The van der Waals surface area contributed by atoms with Crippen molar-refractivity contribution in [1.82, 2.24) is 4.90 Å². The number of nitrogens with zero attached hydrogens (tertiary/aromatic N) is 1. The highest BCUT2D eigenvalue weighted by molar-refractivity contribution is 5.89. The summed E-state index contributed by atoms with van der Waals surface area (Å²) in [5.74, 6) is -0.0391. The van der Waals surface area contributed by atoms with Crippen molar-refractivity contribution in [2.75, 3.05) is 23.7 Å². The van der Waals surface area contributed by atoms with E-state index < -0.39 is 0 Å². The van der Waals surface area contributed by atoms with Crippen molar-refractivity contribution in [2.24, 2.45) is 0 Å². The van der Waals surface area contributed by atoms with Crippen molar-refractivity contribution in [3.63, 3.8) is 0 Å². The molecule has 1 aliphatic heterocycles. The summed E-state index contributed by atoms with van der Waals surface area (Å²) >= 11 is 0. The van der Waals surface area contributed by atoms with Crippen LogP contribution >= 0.6 is 0 Å². The van der Waals surface area contributed by atoms with Crippen LogP contribution in [0.1, 0.15) is 27.7 Å². The number of ether oxygens (including phenoxy) is 1. The molecule has 0 bridgehead atoms. The van der Waals surface area contributed by atoms with E-state index in [2.05, 4.69) is 10.6 Å². The normalized spacial score (nSPS) is 22.3. The molecule has 6 nitrogen and oxygen atoms in total. The lowest BCUT2D eigenvalue weighted by Crippen LogP contribution is -2.52. The number of benzene rings is 1.